The van der Waals surface area contributed by atoms with Gasteiger partial charge in [0.1, 0.15) is 11.2 Å². The number of anilines is 3. The van der Waals surface area contributed by atoms with Gasteiger partial charge in [0.25, 0.3) is 0 Å². The molecule has 0 unspecified atom stereocenters. The Morgan fingerprint density at radius 3 is 1.85 bits per heavy atom. The summed E-state index contributed by atoms with van der Waals surface area (Å²) in [5.41, 5.74) is 26.4. The summed E-state index contributed by atoms with van der Waals surface area (Å²) in [6, 6.07) is 54.1. The Labute approximate surface area is 387 Å². The third-order valence-electron chi connectivity index (χ3n) is 16.4. The molecule has 10 aromatic rings. The van der Waals surface area contributed by atoms with Crippen molar-refractivity contribution in [3.8, 4) is 33.4 Å². The summed E-state index contributed by atoms with van der Waals surface area (Å²) in [4.78, 5) is 2.63. The topological polar surface area (TPSA) is 21.3 Å². The number of rotatable bonds is 1. The summed E-state index contributed by atoms with van der Waals surface area (Å²) in [5.74, 6) is 0. The number of para-hydroxylation sites is 1. The normalized spacial score (nSPS) is 15.9. The predicted octanol–water partition coefficient (Wildman–Crippen LogP) is 15.3. The van der Waals surface area contributed by atoms with Crippen LogP contribution in [0.3, 0.4) is 0 Å². The van der Waals surface area contributed by atoms with E-state index in [2.05, 4.69) is 218 Å². The number of fused-ring (bicyclic) bond motifs is 17. The van der Waals surface area contributed by atoms with Crippen molar-refractivity contribution in [3.63, 3.8) is 0 Å². The van der Waals surface area contributed by atoms with Crippen LogP contribution >= 0.6 is 0 Å². The number of hydrogen-bond acceptors (Lipinski definition) is 2. The number of hydrogen-bond donors (Lipinski definition) is 0. The van der Waals surface area contributed by atoms with E-state index >= 15 is 0 Å². The van der Waals surface area contributed by atoms with Gasteiger partial charge in [0.15, 0.2) is 0 Å². The molecule has 0 N–H and O–H groups in total. The second-order valence-corrected chi connectivity index (χ2v) is 22.9. The third kappa shape index (κ3) is 4.70. The molecule has 8 aromatic carbocycles. The van der Waals surface area contributed by atoms with Crippen molar-refractivity contribution in [1.29, 1.82) is 0 Å². The lowest BCUT2D eigenvalue weighted by Gasteiger charge is -2.41. The highest BCUT2D eigenvalue weighted by Gasteiger charge is 2.48. The second kappa shape index (κ2) is 12.2. The van der Waals surface area contributed by atoms with Crippen LogP contribution in [0.4, 0.5) is 17.1 Å². The molecule has 0 spiro atoms. The highest BCUT2D eigenvalue weighted by atomic mass is 16.3. The van der Waals surface area contributed by atoms with Crippen molar-refractivity contribution in [1.82, 2.24) is 4.48 Å². The number of furan rings is 1. The highest BCUT2D eigenvalue weighted by molar-refractivity contribution is 6.90. The standard InChI is InChI=1S/C62H53BN2O/c1-59(2,3)34-23-26-51-42(27-34)43-28-35(60(4,5)6)29-45-55-56-53(32-44-39-19-13-16-22-54(39)66-58(44)55)64(36-24-25-48-40(30-36)37-17-11-14-20-46(37)61(48,7)8)52-31-41-38-18-12-15-21-47(38)62(9,10)49(41)33-50(52)63(56)65(51)57(43)45/h11-33H,1-10H3. The van der Waals surface area contributed by atoms with Crippen LogP contribution in [-0.2, 0) is 21.7 Å². The van der Waals surface area contributed by atoms with E-state index in [1.807, 2.05) is 0 Å². The minimum atomic E-state index is -0.176. The monoisotopic (exact) mass is 852 g/mol. The SMILES string of the molecule is CC(C)(C)c1ccc2c(c1)c1cc(C(C)(C)C)cc3c1n2B1c2cc4c(cc2N(c2ccc5c(c2)-c2ccccc2C5(C)C)c2cc5c(oc6ccccc65)c-3c21)-c1ccccc1C4(C)C. The molecule has 2 aromatic heterocycles. The molecule has 0 amide bonds. The summed E-state index contributed by atoms with van der Waals surface area (Å²) < 4.78 is 9.94. The number of nitrogens with zero attached hydrogens (tertiary/aromatic N) is 2. The highest BCUT2D eigenvalue weighted by Crippen LogP contribution is 2.56. The van der Waals surface area contributed by atoms with Crippen molar-refractivity contribution in [2.45, 2.75) is 90.9 Å². The first-order valence-electron chi connectivity index (χ1n) is 24.0. The largest absolute Gasteiger partial charge is 0.455 e. The molecule has 0 saturated heterocycles. The molecule has 4 aliphatic rings. The molecule has 4 heteroatoms. The quantitative estimate of drug-likeness (QED) is 0.153. The molecule has 320 valence electrons. The van der Waals surface area contributed by atoms with Gasteiger partial charge in [-0.3, -0.25) is 0 Å². The van der Waals surface area contributed by atoms with Crippen LogP contribution in [0.25, 0.3) is 77.1 Å². The minimum absolute atomic E-state index is 0.00545. The Bertz CT molecular complexity index is 3860. The van der Waals surface area contributed by atoms with Gasteiger partial charge in [0.05, 0.1) is 0 Å². The maximum absolute atomic E-state index is 7.21. The lowest BCUT2D eigenvalue weighted by molar-refractivity contribution is 0.590. The van der Waals surface area contributed by atoms with E-state index in [9.17, 15) is 0 Å². The zero-order valence-electron chi connectivity index (χ0n) is 39.7. The van der Waals surface area contributed by atoms with Gasteiger partial charge in [-0.2, -0.15) is 0 Å². The maximum Gasteiger partial charge on any atom is 0.333 e. The van der Waals surface area contributed by atoms with E-state index in [1.165, 1.54) is 117 Å². The zero-order valence-corrected chi connectivity index (χ0v) is 39.7. The lowest BCUT2D eigenvalue weighted by atomic mass is 9.44. The molecule has 2 aliphatic heterocycles. The van der Waals surface area contributed by atoms with Crippen LogP contribution < -0.4 is 15.8 Å². The zero-order chi connectivity index (χ0) is 45.1. The Morgan fingerprint density at radius 2 is 1.12 bits per heavy atom. The molecule has 0 saturated carbocycles. The molecular formula is C62H53BN2O. The van der Waals surface area contributed by atoms with E-state index in [1.54, 1.807) is 0 Å². The average Bonchev–Trinajstić information content (AvgIpc) is 3.97. The third-order valence-corrected chi connectivity index (χ3v) is 16.4. The second-order valence-electron chi connectivity index (χ2n) is 22.9. The first-order chi connectivity index (χ1) is 31.5. The summed E-state index contributed by atoms with van der Waals surface area (Å²) in [6.45, 7) is 23.6. The Morgan fingerprint density at radius 1 is 0.485 bits per heavy atom. The Hall–Kier alpha value is -6.78. The van der Waals surface area contributed by atoms with Crippen LogP contribution in [0, 0.1) is 0 Å². The molecule has 2 aliphatic carbocycles. The summed E-state index contributed by atoms with van der Waals surface area (Å²) in [7, 11) is 0. The van der Waals surface area contributed by atoms with Crippen molar-refractivity contribution in [2.24, 2.45) is 0 Å². The van der Waals surface area contributed by atoms with Gasteiger partial charge in [-0.25, -0.2) is 0 Å². The van der Waals surface area contributed by atoms with Gasteiger partial charge in [-0.15, -0.1) is 0 Å². The van der Waals surface area contributed by atoms with Gasteiger partial charge < -0.3 is 13.8 Å². The van der Waals surface area contributed by atoms with Crippen molar-refractivity contribution >= 4 is 78.6 Å². The Kier molecular flexibility index (Phi) is 7.09. The van der Waals surface area contributed by atoms with Crippen molar-refractivity contribution in [3.05, 3.63) is 173 Å². The number of benzene rings is 8. The van der Waals surface area contributed by atoms with Crippen LogP contribution in [0.1, 0.15) is 103 Å². The predicted molar refractivity (Wildman–Crippen MR) is 280 cm³/mol. The first-order valence-corrected chi connectivity index (χ1v) is 24.0. The van der Waals surface area contributed by atoms with Gasteiger partial charge in [-0.05, 0) is 132 Å². The molecule has 3 nitrogen and oxygen atoms in total. The summed E-state index contributed by atoms with van der Waals surface area (Å²) >= 11 is 0. The van der Waals surface area contributed by atoms with Gasteiger partial charge in [-0.1, -0.05) is 154 Å². The van der Waals surface area contributed by atoms with E-state index < -0.39 is 0 Å². The summed E-state index contributed by atoms with van der Waals surface area (Å²) in [5, 5.41) is 4.93. The van der Waals surface area contributed by atoms with Gasteiger partial charge in [0, 0.05) is 71.6 Å². The van der Waals surface area contributed by atoms with E-state index in [4.69, 9.17) is 4.42 Å². The molecule has 66 heavy (non-hydrogen) atoms. The molecule has 0 radical (unpaired) electrons. The van der Waals surface area contributed by atoms with Crippen LogP contribution in [0.15, 0.2) is 144 Å². The van der Waals surface area contributed by atoms with Crippen LogP contribution in [0.2, 0.25) is 0 Å². The van der Waals surface area contributed by atoms with E-state index in [0.29, 0.717) is 0 Å². The molecule has 0 atom stereocenters. The van der Waals surface area contributed by atoms with Gasteiger partial charge >= 0.3 is 6.85 Å². The smallest absolute Gasteiger partial charge is 0.333 e. The molecule has 0 fully saturated rings. The number of aromatic nitrogens is 1. The van der Waals surface area contributed by atoms with Crippen molar-refractivity contribution in [2.75, 3.05) is 4.90 Å². The molecule has 4 heterocycles. The van der Waals surface area contributed by atoms with Crippen LogP contribution in [0.5, 0.6) is 0 Å². The molecular weight excluding hydrogens is 800 g/mol. The summed E-state index contributed by atoms with van der Waals surface area (Å²) in [6.07, 6.45) is 0. The fourth-order valence-electron chi connectivity index (χ4n) is 13.0. The minimum Gasteiger partial charge on any atom is -0.455 e. The molecule has 14 rings (SSSR count). The van der Waals surface area contributed by atoms with Gasteiger partial charge in [0.2, 0.25) is 0 Å². The Balaban J connectivity index is 1.19. The average molecular weight is 853 g/mol. The fraction of sp³-hybridized carbons (Fsp3) is 0.226. The molecule has 0 bridgehead atoms. The fourth-order valence-corrected chi connectivity index (χ4v) is 13.0. The first kappa shape index (κ1) is 38.5. The van der Waals surface area contributed by atoms with Crippen molar-refractivity contribution < 1.29 is 4.42 Å². The van der Waals surface area contributed by atoms with Crippen LogP contribution in [-0.4, -0.2) is 11.3 Å². The maximum atomic E-state index is 7.21. The van der Waals surface area contributed by atoms with E-state index in [-0.39, 0.29) is 28.5 Å². The lowest BCUT2D eigenvalue weighted by Crippen LogP contribution is -2.57. The van der Waals surface area contributed by atoms with E-state index in [0.717, 1.165) is 21.9 Å².